The lowest BCUT2D eigenvalue weighted by Gasteiger charge is -2.24. The lowest BCUT2D eigenvalue weighted by Crippen LogP contribution is -2.39. The zero-order chi connectivity index (χ0) is 28.3. The molecule has 1 fully saturated rings. The Morgan fingerprint density at radius 2 is 1.70 bits per heavy atom. The van der Waals surface area contributed by atoms with E-state index in [1.165, 1.54) is 16.4 Å². The number of fused-ring (bicyclic) bond motifs is 3. The van der Waals surface area contributed by atoms with E-state index in [1.54, 1.807) is 38.6 Å². The van der Waals surface area contributed by atoms with Crippen LogP contribution in [-0.4, -0.2) is 58.5 Å². The van der Waals surface area contributed by atoms with E-state index in [9.17, 15) is 18.0 Å². The van der Waals surface area contributed by atoms with Gasteiger partial charge in [0, 0.05) is 19.0 Å². The molecule has 11 heteroatoms. The molecule has 0 spiro atoms. The molecular formula is C29H29N5O5S. The maximum absolute atomic E-state index is 13.9. The largest absolute Gasteiger partial charge is 0.492 e. The molecule has 0 saturated carbocycles. The maximum Gasteiger partial charge on any atom is 0.268 e. The zero-order valence-corrected chi connectivity index (χ0v) is 23.5. The minimum atomic E-state index is -3.92. The standard InChI is InChI=1S/C29H29N5O5S/c1-17-25-26(29(36)34(28(25)35)27-18(2)31-32(4)19(27)3)23-15-22(12-13-24(23)30-17)40(37,38)33-14-8-9-20(33)16-39-21-10-6-5-7-11-21/h5-7,10-13,15,20H,8-9,14,16H2,1-4H3/t20-/m1/s1. The highest BCUT2D eigenvalue weighted by Gasteiger charge is 2.43. The number of aromatic nitrogens is 3. The number of sulfonamides is 1. The first kappa shape index (κ1) is 26.1. The van der Waals surface area contributed by atoms with E-state index >= 15 is 0 Å². The lowest BCUT2D eigenvalue weighted by molar-refractivity contribution is 0.0926. The van der Waals surface area contributed by atoms with Crippen molar-refractivity contribution in [1.29, 1.82) is 0 Å². The molecule has 2 aromatic carbocycles. The number of hydrogen-bond acceptors (Lipinski definition) is 7. The fourth-order valence-corrected chi connectivity index (χ4v) is 7.46. The van der Waals surface area contributed by atoms with E-state index in [2.05, 4.69) is 10.1 Å². The van der Waals surface area contributed by atoms with Crippen LogP contribution in [-0.2, 0) is 17.1 Å². The SMILES string of the molecule is Cc1nc2ccc(S(=O)(=O)N3CCC[C@@H]3COc3ccccc3)cc2c2c1C(=O)N(c1c(C)nn(C)c1C)C2=O. The molecule has 2 amide bonds. The van der Waals surface area contributed by atoms with Gasteiger partial charge >= 0.3 is 0 Å². The summed E-state index contributed by atoms with van der Waals surface area (Å²) in [7, 11) is -2.17. The van der Waals surface area contributed by atoms with E-state index < -0.39 is 21.8 Å². The molecule has 1 saturated heterocycles. The van der Waals surface area contributed by atoms with Crippen molar-refractivity contribution >= 4 is 38.4 Å². The zero-order valence-electron chi connectivity index (χ0n) is 22.7. The van der Waals surface area contributed by atoms with Crippen LogP contribution in [0.15, 0.2) is 53.4 Å². The number of para-hydroxylation sites is 1. The number of carbonyl (C=O) groups excluding carboxylic acids is 2. The molecule has 40 heavy (non-hydrogen) atoms. The second-order valence-corrected chi connectivity index (χ2v) is 12.1. The normalized spacial score (nSPS) is 17.7. The van der Waals surface area contributed by atoms with E-state index in [1.807, 2.05) is 30.3 Å². The number of rotatable bonds is 6. The third-order valence-electron chi connectivity index (χ3n) is 7.78. The summed E-state index contributed by atoms with van der Waals surface area (Å²) in [6, 6.07) is 13.6. The molecule has 0 unspecified atom stereocenters. The second-order valence-electron chi connectivity index (χ2n) is 10.3. The van der Waals surface area contributed by atoms with Gasteiger partial charge in [0.2, 0.25) is 10.0 Å². The molecule has 1 atom stereocenters. The van der Waals surface area contributed by atoms with Gasteiger partial charge in [0.25, 0.3) is 11.8 Å². The first-order valence-corrected chi connectivity index (χ1v) is 14.6. The van der Waals surface area contributed by atoms with Crippen LogP contribution < -0.4 is 9.64 Å². The molecule has 6 rings (SSSR count). The summed E-state index contributed by atoms with van der Waals surface area (Å²) < 4.78 is 36.7. The smallest absolute Gasteiger partial charge is 0.268 e. The Balaban J connectivity index is 1.39. The quantitative estimate of drug-likeness (QED) is 0.329. The highest BCUT2D eigenvalue weighted by Crippen LogP contribution is 2.38. The number of pyridine rings is 1. The van der Waals surface area contributed by atoms with E-state index in [0.717, 1.165) is 11.3 Å². The van der Waals surface area contributed by atoms with Gasteiger partial charge in [-0.1, -0.05) is 18.2 Å². The Bertz CT molecular complexity index is 1800. The minimum Gasteiger partial charge on any atom is -0.492 e. The fraction of sp³-hybridized carbons (Fsp3) is 0.310. The number of nitrogens with zero attached hydrogens (tertiary/aromatic N) is 5. The number of hydrogen-bond donors (Lipinski definition) is 0. The molecule has 0 radical (unpaired) electrons. The fourth-order valence-electron chi connectivity index (χ4n) is 5.75. The van der Waals surface area contributed by atoms with E-state index in [-0.39, 0.29) is 28.7 Å². The van der Waals surface area contributed by atoms with E-state index in [0.29, 0.717) is 52.4 Å². The van der Waals surface area contributed by atoms with Crippen LogP contribution in [0.4, 0.5) is 5.69 Å². The number of amides is 2. The number of aryl methyl sites for hydroxylation is 3. The monoisotopic (exact) mass is 559 g/mol. The van der Waals surface area contributed by atoms with Crippen molar-refractivity contribution in [3.63, 3.8) is 0 Å². The Labute approximate surface area is 232 Å². The van der Waals surface area contributed by atoms with Gasteiger partial charge in [-0.15, -0.1) is 0 Å². The van der Waals surface area contributed by atoms with Crippen molar-refractivity contribution < 1.29 is 22.7 Å². The first-order valence-electron chi connectivity index (χ1n) is 13.1. The summed E-state index contributed by atoms with van der Waals surface area (Å²) >= 11 is 0. The average Bonchev–Trinajstić information content (AvgIpc) is 3.58. The summed E-state index contributed by atoms with van der Waals surface area (Å²) in [5.74, 6) is -0.321. The van der Waals surface area contributed by atoms with Crippen LogP contribution in [0.2, 0.25) is 0 Å². The van der Waals surface area contributed by atoms with Gasteiger partial charge in [0.15, 0.2) is 0 Å². The van der Waals surface area contributed by atoms with Gasteiger partial charge < -0.3 is 4.74 Å². The van der Waals surface area contributed by atoms with Crippen molar-refractivity contribution in [2.24, 2.45) is 7.05 Å². The summed E-state index contributed by atoms with van der Waals surface area (Å²) in [5, 5.41) is 4.69. The molecule has 0 bridgehead atoms. The Morgan fingerprint density at radius 3 is 2.40 bits per heavy atom. The molecule has 0 aliphatic carbocycles. The molecule has 2 aliphatic rings. The third kappa shape index (κ3) is 3.99. The molecule has 10 nitrogen and oxygen atoms in total. The van der Waals surface area contributed by atoms with Gasteiger partial charge in [-0.25, -0.2) is 13.3 Å². The van der Waals surface area contributed by atoms with Crippen LogP contribution in [0.25, 0.3) is 10.9 Å². The summed E-state index contributed by atoms with van der Waals surface area (Å²) in [6.07, 6.45) is 1.40. The van der Waals surface area contributed by atoms with Crippen molar-refractivity contribution in [1.82, 2.24) is 19.1 Å². The predicted octanol–water partition coefficient (Wildman–Crippen LogP) is 3.93. The Morgan fingerprint density at radius 1 is 0.975 bits per heavy atom. The van der Waals surface area contributed by atoms with Crippen LogP contribution in [0.5, 0.6) is 5.75 Å². The third-order valence-corrected chi connectivity index (χ3v) is 9.73. The summed E-state index contributed by atoms with van der Waals surface area (Å²) in [6.45, 7) is 5.83. The van der Waals surface area contributed by atoms with Crippen LogP contribution >= 0.6 is 0 Å². The Kier molecular flexibility index (Phi) is 6.23. The Hall–Kier alpha value is -4.09. The lowest BCUT2D eigenvalue weighted by atomic mass is 10.0. The van der Waals surface area contributed by atoms with Crippen LogP contribution in [0.1, 0.15) is 50.6 Å². The van der Waals surface area contributed by atoms with Gasteiger partial charge in [0.05, 0.1) is 50.4 Å². The predicted molar refractivity (Wildman–Crippen MR) is 149 cm³/mol. The van der Waals surface area contributed by atoms with Crippen molar-refractivity contribution in [3.05, 3.63) is 76.7 Å². The molecule has 4 heterocycles. The second kappa shape index (κ2) is 9.53. The van der Waals surface area contributed by atoms with Gasteiger partial charge in [-0.2, -0.15) is 9.40 Å². The topological polar surface area (TPSA) is 115 Å². The molecular weight excluding hydrogens is 530 g/mol. The minimum absolute atomic E-state index is 0.0481. The average molecular weight is 560 g/mol. The van der Waals surface area contributed by atoms with Gasteiger partial charge in [0.1, 0.15) is 12.4 Å². The van der Waals surface area contributed by atoms with Crippen molar-refractivity contribution in [2.75, 3.05) is 18.1 Å². The molecule has 2 aromatic heterocycles. The molecule has 206 valence electrons. The molecule has 2 aliphatic heterocycles. The number of imide groups is 1. The van der Waals surface area contributed by atoms with Crippen molar-refractivity contribution in [3.8, 4) is 5.75 Å². The van der Waals surface area contributed by atoms with Gasteiger partial charge in [-0.3, -0.25) is 19.3 Å². The van der Waals surface area contributed by atoms with E-state index in [4.69, 9.17) is 4.74 Å². The highest BCUT2D eigenvalue weighted by molar-refractivity contribution is 7.89. The summed E-state index contributed by atoms with van der Waals surface area (Å²) in [4.78, 5) is 33.2. The number of benzene rings is 2. The van der Waals surface area contributed by atoms with Crippen LogP contribution in [0, 0.1) is 20.8 Å². The molecule has 4 aromatic rings. The van der Waals surface area contributed by atoms with Gasteiger partial charge in [-0.05, 0) is 63.9 Å². The summed E-state index contributed by atoms with van der Waals surface area (Å²) in [5.41, 5.74) is 2.86. The first-order chi connectivity index (χ1) is 19.1. The van der Waals surface area contributed by atoms with Crippen molar-refractivity contribution in [2.45, 2.75) is 44.6 Å². The van der Waals surface area contributed by atoms with Crippen LogP contribution in [0.3, 0.4) is 0 Å². The number of anilines is 1. The molecule has 0 N–H and O–H groups in total. The maximum atomic E-state index is 13.9. The number of ether oxygens (including phenoxy) is 1. The number of carbonyl (C=O) groups is 2. The highest BCUT2D eigenvalue weighted by atomic mass is 32.2.